The molecule has 0 saturated heterocycles. The van der Waals surface area contributed by atoms with Gasteiger partial charge < -0.3 is 9.47 Å². The Bertz CT molecular complexity index is 85.0. The van der Waals surface area contributed by atoms with E-state index in [2.05, 4.69) is 9.47 Å². The van der Waals surface area contributed by atoms with Gasteiger partial charge in [0.1, 0.15) is 13.3 Å². The van der Waals surface area contributed by atoms with E-state index in [9.17, 15) is 9.18 Å². The number of rotatable bonds is 4. The van der Waals surface area contributed by atoms with Crippen molar-refractivity contribution in [2.24, 2.45) is 0 Å². The third-order valence-corrected chi connectivity index (χ3v) is 0.721. The zero-order chi connectivity index (χ0) is 7.82. The van der Waals surface area contributed by atoms with Gasteiger partial charge in [-0.1, -0.05) is 6.92 Å². The molecule has 0 aliphatic heterocycles. The van der Waals surface area contributed by atoms with E-state index in [1.165, 1.54) is 0 Å². The highest BCUT2D eigenvalue weighted by Gasteiger charge is 2.00. The molecule has 0 heterocycles. The van der Waals surface area contributed by atoms with Gasteiger partial charge in [-0.15, -0.1) is 0 Å². The van der Waals surface area contributed by atoms with Gasteiger partial charge in [-0.25, -0.2) is 9.18 Å². The molecule has 0 radical (unpaired) electrons. The smallest absolute Gasteiger partial charge is 0.434 e. The quantitative estimate of drug-likeness (QED) is 0.570. The van der Waals surface area contributed by atoms with Crippen LogP contribution in [0.15, 0.2) is 0 Å². The monoisotopic (exact) mass is 150 g/mol. The summed E-state index contributed by atoms with van der Waals surface area (Å²) < 4.78 is 20.1. The van der Waals surface area contributed by atoms with Gasteiger partial charge in [0.15, 0.2) is 0 Å². The topological polar surface area (TPSA) is 35.5 Å². The standard InChI is InChI=1S/C6H11FO3/c1-2-4-9-6(8)10-5-3-7/h2-5H2,1H3. The molecule has 0 rings (SSSR count). The SMILES string of the molecule is CCCOC(=O)OCCF. The van der Waals surface area contributed by atoms with Gasteiger partial charge in [0.25, 0.3) is 0 Å². The normalized spacial score (nSPS) is 9.00. The first-order valence-corrected chi connectivity index (χ1v) is 3.16. The van der Waals surface area contributed by atoms with E-state index in [0.29, 0.717) is 6.61 Å². The van der Waals surface area contributed by atoms with Crippen LogP contribution in [0.1, 0.15) is 13.3 Å². The summed E-state index contributed by atoms with van der Waals surface area (Å²) >= 11 is 0. The van der Waals surface area contributed by atoms with Crippen LogP contribution in [0.25, 0.3) is 0 Å². The van der Waals surface area contributed by atoms with E-state index >= 15 is 0 Å². The molecule has 60 valence electrons. The fourth-order valence-corrected chi connectivity index (χ4v) is 0.349. The maximum absolute atomic E-state index is 11.3. The van der Waals surface area contributed by atoms with Gasteiger partial charge in [-0.3, -0.25) is 0 Å². The maximum Gasteiger partial charge on any atom is 0.508 e. The molecule has 0 aliphatic carbocycles. The van der Waals surface area contributed by atoms with Crippen molar-refractivity contribution in [3.8, 4) is 0 Å². The molecule has 0 fully saturated rings. The molecule has 10 heavy (non-hydrogen) atoms. The molecule has 0 bridgehead atoms. The first-order valence-electron chi connectivity index (χ1n) is 3.16. The maximum atomic E-state index is 11.3. The van der Waals surface area contributed by atoms with E-state index in [1.807, 2.05) is 6.92 Å². The molecule has 0 amide bonds. The minimum absolute atomic E-state index is 0.220. The molecule has 0 aromatic carbocycles. The number of ether oxygens (including phenoxy) is 2. The Kier molecular flexibility index (Phi) is 5.82. The predicted molar refractivity (Wildman–Crippen MR) is 33.6 cm³/mol. The van der Waals surface area contributed by atoms with Gasteiger partial charge >= 0.3 is 6.16 Å². The molecular weight excluding hydrogens is 139 g/mol. The average molecular weight is 150 g/mol. The molecule has 4 heteroatoms. The third-order valence-electron chi connectivity index (χ3n) is 0.721. The summed E-state index contributed by atoms with van der Waals surface area (Å²) in [5.74, 6) is 0. The van der Waals surface area contributed by atoms with Crippen LogP contribution in [0.3, 0.4) is 0 Å². The van der Waals surface area contributed by atoms with E-state index < -0.39 is 12.8 Å². The first kappa shape index (κ1) is 9.20. The molecule has 0 N–H and O–H groups in total. The third kappa shape index (κ3) is 5.34. The molecule has 0 atom stereocenters. The Morgan fingerprint density at radius 3 is 2.50 bits per heavy atom. The summed E-state index contributed by atoms with van der Waals surface area (Å²) in [7, 11) is 0. The molecule has 0 unspecified atom stereocenters. The summed E-state index contributed by atoms with van der Waals surface area (Å²) in [6.45, 7) is 1.30. The second-order valence-electron chi connectivity index (χ2n) is 1.64. The summed E-state index contributed by atoms with van der Waals surface area (Å²) in [5.41, 5.74) is 0. The van der Waals surface area contributed by atoms with Crippen LogP contribution in [0.5, 0.6) is 0 Å². The van der Waals surface area contributed by atoms with Crippen LogP contribution in [-0.2, 0) is 9.47 Å². The van der Waals surface area contributed by atoms with Crippen molar-refractivity contribution in [2.45, 2.75) is 13.3 Å². The van der Waals surface area contributed by atoms with Crippen molar-refractivity contribution in [1.82, 2.24) is 0 Å². The number of hydrogen-bond acceptors (Lipinski definition) is 3. The Morgan fingerprint density at radius 2 is 2.00 bits per heavy atom. The number of carbonyl (C=O) groups is 1. The fraction of sp³-hybridized carbons (Fsp3) is 0.833. The lowest BCUT2D eigenvalue weighted by molar-refractivity contribution is 0.0514. The zero-order valence-corrected chi connectivity index (χ0v) is 5.93. The zero-order valence-electron chi connectivity index (χ0n) is 5.93. The van der Waals surface area contributed by atoms with Crippen molar-refractivity contribution in [3.05, 3.63) is 0 Å². The van der Waals surface area contributed by atoms with E-state index in [4.69, 9.17) is 0 Å². The average Bonchev–Trinajstić information content (AvgIpc) is 1.97. The molecule has 3 nitrogen and oxygen atoms in total. The van der Waals surface area contributed by atoms with Crippen molar-refractivity contribution in [3.63, 3.8) is 0 Å². The van der Waals surface area contributed by atoms with Crippen LogP contribution in [0.4, 0.5) is 9.18 Å². The lowest BCUT2D eigenvalue weighted by Gasteiger charge is -2.01. The molecular formula is C6H11FO3. The van der Waals surface area contributed by atoms with Crippen LogP contribution in [0, 0.1) is 0 Å². The Labute approximate surface area is 59.1 Å². The van der Waals surface area contributed by atoms with Crippen molar-refractivity contribution in [2.75, 3.05) is 19.9 Å². The molecule has 0 saturated carbocycles. The first-order chi connectivity index (χ1) is 4.81. The van der Waals surface area contributed by atoms with Crippen LogP contribution >= 0.6 is 0 Å². The second kappa shape index (κ2) is 6.32. The molecule has 0 aromatic heterocycles. The van der Waals surface area contributed by atoms with Gasteiger partial charge in [-0.2, -0.15) is 0 Å². The highest BCUT2D eigenvalue weighted by Crippen LogP contribution is 1.87. The Balaban J connectivity index is 3.09. The Morgan fingerprint density at radius 1 is 1.40 bits per heavy atom. The van der Waals surface area contributed by atoms with Crippen LogP contribution in [-0.4, -0.2) is 26.0 Å². The number of halogens is 1. The number of alkyl halides is 1. The highest BCUT2D eigenvalue weighted by atomic mass is 19.1. The minimum atomic E-state index is -0.792. The van der Waals surface area contributed by atoms with Crippen molar-refractivity contribution in [1.29, 1.82) is 0 Å². The lowest BCUT2D eigenvalue weighted by Crippen LogP contribution is -2.09. The van der Waals surface area contributed by atoms with E-state index in [1.54, 1.807) is 0 Å². The largest absolute Gasteiger partial charge is 0.508 e. The van der Waals surface area contributed by atoms with Gasteiger partial charge in [0, 0.05) is 0 Å². The van der Waals surface area contributed by atoms with Crippen molar-refractivity contribution >= 4 is 6.16 Å². The highest BCUT2D eigenvalue weighted by molar-refractivity contribution is 5.59. The van der Waals surface area contributed by atoms with Crippen LogP contribution < -0.4 is 0 Å². The van der Waals surface area contributed by atoms with Gasteiger partial charge in [-0.05, 0) is 6.42 Å². The second-order valence-corrected chi connectivity index (χ2v) is 1.64. The van der Waals surface area contributed by atoms with E-state index in [-0.39, 0.29) is 6.61 Å². The number of hydrogen-bond donors (Lipinski definition) is 0. The summed E-state index contributed by atoms with van der Waals surface area (Å²) in [6, 6.07) is 0. The Hall–Kier alpha value is -0.800. The molecule has 0 aromatic rings. The van der Waals surface area contributed by atoms with Crippen LogP contribution in [0.2, 0.25) is 0 Å². The fourth-order valence-electron chi connectivity index (χ4n) is 0.349. The van der Waals surface area contributed by atoms with Gasteiger partial charge in [0.05, 0.1) is 6.61 Å². The summed E-state index contributed by atoms with van der Waals surface area (Å²) in [4.78, 5) is 10.3. The summed E-state index contributed by atoms with van der Waals surface area (Å²) in [5, 5.41) is 0. The van der Waals surface area contributed by atoms with Crippen molar-refractivity contribution < 1.29 is 18.7 Å². The summed E-state index contributed by atoms with van der Waals surface area (Å²) in [6.07, 6.45) is -0.0513. The lowest BCUT2D eigenvalue weighted by atomic mass is 10.5. The molecule has 0 aliphatic rings. The number of carbonyl (C=O) groups excluding carboxylic acids is 1. The minimum Gasteiger partial charge on any atom is -0.434 e. The molecule has 0 spiro atoms. The van der Waals surface area contributed by atoms with Gasteiger partial charge in [0.2, 0.25) is 0 Å². The predicted octanol–water partition coefficient (Wildman–Crippen LogP) is 1.52. The van der Waals surface area contributed by atoms with E-state index in [0.717, 1.165) is 6.42 Å².